The number of aliphatic hydroxyl groups is 1. The van der Waals surface area contributed by atoms with E-state index in [1.54, 1.807) is 7.11 Å². The van der Waals surface area contributed by atoms with Crippen molar-refractivity contribution in [3.05, 3.63) is 0 Å². The molecule has 0 bridgehead atoms. The van der Waals surface area contributed by atoms with E-state index in [-0.39, 0.29) is 33.0 Å². The van der Waals surface area contributed by atoms with Crippen molar-refractivity contribution in [1.82, 2.24) is 0 Å². The van der Waals surface area contributed by atoms with E-state index in [4.69, 9.17) is 27.1 Å². The smallest absolute Gasteiger partial charge is 0.107 e. The third-order valence-electron chi connectivity index (χ3n) is 1.97. The van der Waals surface area contributed by atoms with Gasteiger partial charge in [0.15, 0.2) is 0 Å². The molecule has 0 aromatic carbocycles. The van der Waals surface area contributed by atoms with Gasteiger partial charge in [0.05, 0.1) is 31.8 Å². The van der Waals surface area contributed by atoms with Crippen LogP contribution < -0.4 is 0 Å². The highest BCUT2D eigenvalue weighted by Crippen LogP contribution is 2.18. The monoisotopic (exact) mass is 226 g/mol. The summed E-state index contributed by atoms with van der Waals surface area (Å²) < 4.78 is 15.5. The maximum Gasteiger partial charge on any atom is 0.107 e. The van der Waals surface area contributed by atoms with Crippen LogP contribution in [0.25, 0.3) is 0 Å². The maximum absolute atomic E-state index is 9.36. The van der Waals surface area contributed by atoms with Crippen LogP contribution in [0.1, 0.15) is 0 Å². The molecule has 0 aliphatic heterocycles. The number of hydrogen-bond acceptors (Lipinski definition) is 4. The van der Waals surface area contributed by atoms with Crippen molar-refractivity contribution in [1.29, 1.82) is 0 Å². The van der Waals surface area contributed by atoms with Gasteiger partial charge in [-0.15, -0.1) is 12.8 Å². The van der Waals surface area contributed by atoms with Gasteiger partial charge in [-0.3, -0.25) is 0 Å². The molecule has 0 heterocycles. The number of rotatable bonds is 9. The fourth-order valence-corrected chi connectivity index (χ4v) is 1.22. The molecule has 0 radical (unpaired) electrons. The van der Waals surface area contributed by atoms with Crippen molar-refractivity contribution >= 4 is 0 Å². The van der Waals surface area contributed by atoms with Gasteiger partial charge < -0.3 is 19.3 Å². The van der Waals surface area contributed by atoms with Crippen LogP contribution in [-0.4, -0.2) is 51.9 Å². The molecule has 0 saturated heterocycles. The lowest BCUT2D eigenvalue weighted by molar-refractivity contribution is -0.0760. The molecule has 0 fully saturated rings. The van der Waals surface area contributed by atoms with Crippen LogP contribution in [-0.2, 0) is 14.2 Å². The van der Waals surface area contributed by atoms with Gasteiger partial charge in [-0.25, -0.2) is 0 Å². The summed E-state index contributed by atoms with van der Waals surface area (Å²) in [5.74, 6) is 4.71. The van der Waals surface area contributed by atoms with Crippen LogP contribution in [0, 0.1) is 30.1 Å². The number of terminal acetylenes is 2. The largest absolute Gasteiger partial charge is 0.396 e. The van der Waals surface area contributed by atoms with Crippen LogP contribution in [0.3, 0.4) is 0 Å². The number of hydrogen-bond donors (Lipinski definition) is 1. The van der Waals surface area contributed by atoms with Gasteiger partial charge in [-0.1, -0.05) is 11.8 Å². The standard InChI is InChI=1S/C12H18O4/c1-4-6-15-10-12(8-13,9-14-3)11-16-7-5-2/h1-2,13H,6-11H2,3H3. The first kappa shape index (κ1) is 15.0. The molecule has 0 rings (SSSR count). The molecule has 90 valence electrons. The van der Waals surface area contributed by atoms with Gasteiger partial charge in [0.25, 0.3) is 0 Å². The minimum atomic E-state index is -0.609. The first-order valence-corrected chi connectivity index (χ1v) is 4.87. The van der Waals surface area contributed by atoms with E-state index in [9.17, 15) is 5.11 Å². The normalized spacial score (nSPS) is 10.8. The van der Waals surface area contributed by atoms with Crippen LogP contribution in [0.15, 0.2) is 0 Å². The Labute approximate surface area is 96.9 Å². The van der Waals surface area contributed by atoms with Gasteiger partial charge in [-0.05, 0) is 0 Å². The van der Waals surface area contributed by atoms with E-state index in [2.05, 4.69) is 11.8 Å². The highest BCUT2D eigenvalue weighted by Gasteiger charge is 2.30. The molecule has 0 atom stereocenters. The Kier molecular flexibility index (Phi) is 8.61. The molecular formula is C12H18O4. The minimum Gasteiger partial charge on any atom is -0.396 e. The topological polar surface area (TPSA) is 47.9 Å². The summed E-state index contributed by atoms with van der Waals surface area (Å²) in [5.41, 5.74) is -0.609. The van der Waals surface area contributed by atoms with Gasteiger partial charge in [-0.2, -0.15) is 0 Å². The lowest BCUT2D eigenvalue weighted by Crippen LogP contribution is -2.40. The van der Waals surface area contributed by atoms with Gasteiger partial charge in [0.1, 0.15) is 13.2 Å². The molecule has 0 aromatic heterocycles. The molecule has 0 saturated carbocycles. The molecule has 0 aliphatic rings. The molecule has 1 N–H and O–H groups in total. The lowest BCUT2D eigenvalue weighted by Gasteiger charge is -2.29. The Morgan fingerprint density at radius 3 is 1.88 bits per heavy atom. The summed E-state index contributed by atoms with van der Waals surface area (Å²) in [6, 6.07) is 0. The number of ether oxygens (including phenoxy) is 3. The van der Waals surface area contributed by atoms with E-state index in [0.29, 0.717) is 6.61 Å². The zero-order valence-corrected chi connectivity index (χ0v) is 9.57. The van der Waals surface area contributed by atoms with Gasteiger partial charge in [0.2, 0.25) is 0 Å². The minimum absolute atomic E-state index is 0.115. The summed E-state index contributed by atoms with van der Waals surface area (Å²) in [6.45, 7) is 1.13. The molecule has 0 spiro atoms. The van der Waals surface area contributed by atoms with Crippen LogP contribution in [0.4, 0.5) is 0 Å². The zero-order chi connectivity index (χ0) is 12.3. The average Bonchev–Trinajstić information content (AvgIpc) is 2.29. The van der Waals surface area contributed by atoms with Crippen LogP contribution in [0.2, 0.25) is 0 Å². The maximum atomic E-state index is 9.36. The van der Waals surface area contributed by atoms with Gasteiger partial charge >= 0.3 is 0 Å². The summed E-state index contributed by atoms with van der Waals surface area (Å²) in [7, 11) is 1.55. The summed E-state index contributed by atoms with van der Waals surface area (Å²) in [4.78, 5) is 0. The van der Waals surface area contributed by atoms with E-state index >= 15 is 0 Å². The second-order valence-electron chi connectivity index (χ2n) is 3.48. The fourth-order valence-electron chi connectivity index (χ4n) is 1.22. The van der Waals surface area contributed by atoms with E-state index in [1.807, 2.05) is 0 Å². The molecule has 4 nitrogen and oxygen atoms in total. The first-order valence-electron chi connectivity index (χ1n) is 4.87. The number of aliphatic hydroxyl groups excluding tert-OH is 1. The molecule has 4 heteroatoms. The first-order chi connectivity index (χ1) is 7.74. The predicted octanol–water partition coefficient (Wildman–Crippen LogP) is -0.0889. The Hall–Kier alpha value is -1.04. The average molecular weight is 226 g/mol. The van der Waals surface area contributed by atoms with Crippen molar-refractivity contribution in [2.45, 2.75) is 0 Å². The fraction of sp³-hybridized carbons (Fsp3) is 0.667. The quantitative estimate of drug-likeness (QED) is 0.441. The van der Waals surface area contributed by atoms with Crippen molar-refractivity contribution in [3.8, 4) is 24.7 Å². The molecule has 0 aliphatic carbocycles. The summed E-state index contributed by atoms with van der Waals surface area (Å²) in [5, 5.41) is 9.36. The van der Waals surface area contributed by atoms with Gasteiger partial charge in [0, 0.05) is 7.11 Å². The molecular weight excluding hydrogens is 208 g/mol. The Morgan fingerprint density at radius 1 is 1.06 bits per heavy atom. The van der Waals surface area contributed by atoms with Crippen LogP contribution >= 0.6 is 0 Å². The molecule has 0 amide bonds. The van der Waals surface area contributed by atoms with E-state index in [0.717, 1.165) is 0 Å². The Morgan fingerprint density at radius 2 is 1.56 bits per heavy atom. The van der Waals surface area contributed by atoms with Crippen molar-refractivity contribution in [2.24, 2.45) is 5.41 Å². The molecule has 0 unspecified atom stereocenters. The van der Waals surface area contributed by atoms with E-state index < -0.39 is 5.41 Å². The molecule has 16 heavy (non-hydrogen) atoms. The number of methoxy groups -OCH3 is 1. The molecule has 0 aromatic rings. The van der Waals surface area contributed by atoms with Crippen molar-refractivity contribution in [3.63, 3.8) is 0 Å². The lowest BCUT2D eigenvalue weighted by atomic mass is 9.92. The second-order valence-corrected chi connectivity index (χ2v) is 3.48. The summed E-state index contributed by atoms with van der Waals surface area (Å²) in [6.07, 6.45) is 10.1. The van der Waals surface area contributed by atoms with Crippen LogP contribution in [0.5, 0.6) is 0 Å². The van der Waals surface area contributed by atoms with Crippen molar-refractivity contribution in [2.75, 3.05) is 46.8 Å². The summed E-state index contributed by atoms with van der Waals surface area (Å²) >= 11 is 0. The second kappa shape index (κ2) is 9.21. The third-order valence-corrected chi connectivity index (χ3v) is 1.97. The van der Waals surface area contributed by atoms with Crippen molar-refractivity contribution < 1.29 is 19.3 Å². The zero-order valence-electron chi connectivity index (χ0n) is 9.57. The predicted molar refractivity (Wildman–Crippen MR) is 60.7 cm³/mol. The third kappa shape index (κ3) is 5.75. The SMILES string of the molecule is C#CCOCC(CO)(COC)COCC#C. The Bertz CT molecular complexity index is 229. The highest BCUT2D eigenvalue weighted by molar-refractivity contribution is 4.86. The Balaban J connectivity index is 4.22. The van der Waals surface area contributed by atoms with E-state index in [1.165, 1.54) is 0 Å². The highest BCUT2D eigenvalue weighted by atomic mass is 16.5.